The highest BCUT2D eigenvalue weighted by atomic mass is 35.5. The molecule has 2 aromatic carbocycles. The zero-order chi connectivity index (χ0) is 19.5. The van der Waals surface area contributed by atoms with Crippen LogP contribution < -0.4 is 4.90 Å². The fourth-order valence-corrected chi connectivity index (χ4v) is 3.19. The zero-order valence-corrected chi connectivity index (χ0v) is 15.6. The number of ether oxygens (including phenoxy) is 1. The van der Waals surface area contributed by atoms with Gasteiger partial charge in [0, 0.05) is 24.2 Å². The number of aromatic nitrogens is 2. The fourth-order valence-electron chi connectivity index (χ4n) is 2.97. The molecule has 0 saturated carbocycles. The van der Waals surface area contributed by atoms with E-state index in [-0.39, 0.29) is 18.4 Å². The quantitative estimate of drug-likeness (QED) is 0.607. The SMILES string of the molecule is O=C(OCc1nc(-c2ccccc2Cl)no1)c1ccc(N2CCCC2=O)cc1. The number of anilines is 1. The Morgan fingerprint density at radius 1 is 1.18 bits per heavy atom. The van der Waals surface area contributed by atoms with E-state index in [0.29, 0.717) is 34.9 Å². The monoisotopic (exact) mass is 397 g/mol. The number of esters is 1. The third-order valence-electron chi connectivity index (χ3n) is 4.40. The van der Waals surface area contributed by atoms with Gasteiger partial charge >= 0.3 is 5.97 Å². The number of rotatable bonds is 5. The lowest BCUT2D eigenvalue weighted by atomic mass is 10.2. The minimum absolute atomic E-state index is 0.0982. The van der Waals surface area contributed by atoms with Crippen LogP contribution in [-0.4, -0.2) is 28.6 Å². The average Bonchev–Trinajstić information content (AvgIpc) is 3.36. The molecule has 1 aliphatic rings. The van der Waals surface area contributed by atoms with Gasteiger partial charge < -0.3 is 14.2 Å². The van der Waals surface area contributed by atoms with Crippen molar-refractivity contribution in [3.05, 3.63) is 65.0 Å². The van der Waals surface area contributed by atoms with Gasteiger partial charge in [-0.25, -0.2) is 4.79 Å². The minimum Gasteiger partial charge on any atom is -0.452 e. The van der Waals surface area contributed by atoms with Crippen molar-refractivity contribution < 1.29 is 18.8 Å². The summed E-state index contributed by atoms with van der Waals surface area (Å²) in [6.07, 6.45) is 1.41. The smallest absolute Gasteiger partial charge is 0.338 e. The van der Waals surface area contributed by atoms with Crippen molar-refractivity contribution in [3.63, 3.8) is 0 Å². The Morgan fingerprint density at radius 3 is 2.68 bits per heavy atom. The highest BCUT2D eigenvalue weighted by Gasteiger charge is 2.22. The topological polar surface area (TPSA) is 85.5 Å². The van der Waals surface area contributed by atoms with E-state index >= 15 is 0 Å². The maximum atomic E-state index is 12.2. The van der Waals surface area contributed by atoms with E-state index in [4.69, 9.17) is 20.9 Å². The van der Waals surface area contributed by atoms with Crippen LogP contribution >= 0.6 is 11.6 Å². The first kappa shape index (κ1) is 18.2. The summed E-state index contributed by atoms with van der Waals surface area (Å²) in [5.74, 6) is 0.0803. The second-order valence-electron chi connectivity index (χ2n) is 6.26. The van der Waals surface area contributed by atoms with Gasteiger partial charge in [-0.15, -0.1) is 0 Å². The molecule has 1 amide bonds. The van der Waals surface area contributed by atoms with E-state index in [0.717, 1.165) is 12.1 Å². The van der Waals surface area contributed by atoms with Gasteiger partial charge in [-0.1, -0.05) is 28.9 Å². The summed E-state index contributed by atoms with van der Waals surface area (Å²) in [4.78, 5) is 29.9. The van der Waals surface area contributed by atoms with Crippen LogP contribution in [-0.2, 0) is 16.1 Å². The first-order valence-corrected chi connectivity index (χ1v) is 9.14. The molecule has 4 rings (SSSR count). The molecule has 142 valence electrons. The van der Waals surface area contributed by atoms with Crippen molar-refractivity contribution in [1.82, 2.24) is 10.1 Å². The highest BCUT2D eigenvalue weighted by molar-refractivity contribution is 6.33. The maximum absolute atomic E-state index is 12.2. The lowest BCUT2D eigenvalue weighted by Crippen LogP contribution is -2.23. The fraction of sp³-hybridized carbons (Fsp3) is 0.200. The van der Waals surface area contributed by atoms with Crippen LogP contribution in [0.15, 0.2) is 53.1 Å². The molecule has 3 aromatic rings. The number of nitrogens with zero attached hydrogens (tertiary/aromatic N) is 3. The molecule has 8 heteroatoms. The van der Waals surface area contributed by atoms with Gasteiger partial charge in [0.05, 0.1) is 10.6 Å². The molecule has 0 radical (unpaired) electrons. The van der Waals surface area contributed by atoms with E-state index < -0.39 is 5.97 Å². The lowest BCUT2D eigenvalue weighted by molar-refractivity contribution is -0.117. The molecule has 1 fully saturated rings. The van der Waals surface area contributed by atoms with Crippen LogP contribution in [0.1, 0.15) is 29.1 Å². The van der Waals surface area contributed by atoms with E-state index in [1.54, 1.807) is 47.4 Å². The number of carbonyl (C=O) groups is 2. The van der Waals surface area contributed by atoms with Gasteiger partial charge in [0.25, 0.3) is 5.89 Å². The zero-order valence-electron chi connectivity index (χ0n) is 14.8. The van der Waals surface area contributed by atoms with E-state index in [9.17, 15) is 9.59 Å². The molecule has 2 heterocycles. The Hall–Kier alpha value is -3.19. The first-order valence-electron chi connectivity index (χ1n) is 8.77. The van der Waals surface area contributed by atoms with E-state index in [2.05, 4.69) is 10.1 Å². The van der Waals surface area contributed by atoms with Crippen LogP contribution in [0.2, 0.25) is 5.02 Å². The summed E-state index contributed by atoms with van der Waals surface area (Å²) < 4.78 is 10.3. The highest BCUT2D eigenvalue weighted by Crippen LogP contribution is 2.25. The van der Waals surface area contributed by atoms with Gasteiger partial charge in [0.15, 0.2) is 6.61 Å². The van der Waals surface area contributed by atoms with Crippen LogP contribution in [0, 0.1) is 0 Å². The van der Waals surface area contributed by atoms with Crippen LogP contribution in [0.3, 0.4) is 0 Å². The van der Waals surface area contributed by atoms with Crippen LogP contribution in [0.5, 0.6) is 0 Å². The van der Waals surface area contributed by atoms with E-state index in [1.165, 1.54) is 0 Å². The summed E-state index contributed by atoms with van der Waals surface area (Å²) in [6.45, 7) is 0.552. The second kappa shape index (κ2) is 7.82. The number of hydrogen-bond acceptors (Lipinski definition) is 6. The molecular weight excluding hydrogens is 382 g/mol. The minimum atomic E-state index is -0.517. The van der Waals surface area contributed by atoms with Crippen molar-refractivity contribution in [1.29, 1.82) is 0 Å². The summed E-state index contributed by atoms with van der Waals surface area (Å²) in [5, 5.41) is 4.36. The molecule has 1 aromatic heterocycles. The van der Waals surface area contributed by atoms with Gasteiger partial charge in [0.2, 0.25) is 11.7 Å². The standard InChI is InChI=1S/C20H16ClN3O4/c21-16-5-2-1-4-15(16)19-22-17(28-23-19)12-27-20(26)13-7-9-14(10-8-13)24-11-3-6-18(24)25/h1-2,4-5,7-10H,3,6,11-12H2. The molecule has 0 aliphatic carbocycles. The molecular formula is C20H16ClN3O4. The largest absolute Gasteiger partial charge is 0.452 e. The van der Waals surface area contributed by atoms with Crippen molar-refractivity contribution in [2.24, 2.45) is 0 Å². The number of benzene rings is 2. The van der Waals surface area contributed by atoms with E-state index in [1.807, 2.05) is 6.07 Å². The van der Waals surface area contributed by atoms with Gasteiger partial charge in [-0.2, -0.15) is 4.98 Å². The number of carbonyl (C=O) groups excluding carboxylic acids is 2. The molecule has 0 N–H and O–H groups in total. The van der Waals surface area contributed by atoms with Crippen molar-refractivity contribution in [3.8, 4) is 11.4 Å². The van der Waals surface area contributed by atoms with Crippen molar-refractivity contribution in [2.75, 3.05) is 11.4 Å². The van der Waals surface area contributed by atoms with Crippen LogP contribution in [0.25, 0.3) is 11.4 Å². The Labute approximate surface area is 165 Å². The van der Waals surface area contributed by atoms with Crippen molar-refractivity contribution in [2.45, 2.75) is 19.4 Å². The van der Waals surface area contributed by atoms with Crippen LogP contribution in [0.4, 0.5) is 5.69 Å². The summed E-state index contributed by atoms with van der Waals surface area (Å²) in [5.41, 5.74) is 1.79. The predicted octanol–water partition coefficient (Wildman–Crippen LogP) is 3.87. The number of amides is 1. The Bertz CT molecular complexity index is 1020. The Morgan fingerprint density at radius 2 is 1.96 bits per heavy atom. The third-order valence-corrected chi connectivity index (χ3v) is 4.73. The number of halogens is 1. The Kier molecular flexibility index (Phi) is 5.08. The lowest BCUT2D eigenvalue weighted by Gasteiger charge is -2.15. The third kappa shape index (κ3) is 3.75. The van der Waals surface area contributed by atoms with Gasteiger partial charge in [-0.05, 0) is 42.8 Å². The Balaban J connectivity index is 1.38. The number of hydrogen-bond donors (Lipinski definition) is 0. The predicted molar refractivity (Wildman–Crippen MR) is 102 cm³/mol. The summed E-state index contributed by atoms with van der Waals surface area (Å²) >= 11 is 6.11. The normalized spacial score (nSPS) is 13.8. The molecule has 0 atom stereocenters. The molecule has 1 aliphatic heterocycles. The molecule has 7 nitrogen and oxygen atoms in total. The molecule has 0 spiro atoms. The van der Waals surface area contributed by atoms with Gasteiger partial charge in [-0.3, -0.25) is 4.79 Å². The molecule has 28 heavy (non-hydrogen) atoms. The molecule has 0 unspecified atom stereocenters. The van der Waals surface area contributed by atoms with Crippen molar-refractivity contribution >= 4 is 29.2 Å². The second-order valence-corrected chi connectivity index (χ2v) is 6.67. The first-order chi connectivity index (χ1) is 13.6. The summed E-state index contributed by atoms with van der Waals surface area (Å²) in [6, 6.07) is 13.9. The summed E-state index contributed by atoms with van der Waals surface area (Å²) in [7, 11) is 0. The average molecular weight is 398 g/mol. The maximum Gasteiger partial charge on any atom is 0.338 e. The molecule has 1 saturated heterocycles. The molecule has 0 bridgehead atoms. The van der Waals surface area contributed by atoms with Gasteiger partial charge in [0.1, 0.15) is 0 Å².